The minimum absolute atomic E-state index is 0.129. The monoisotopic (exact) mass is 465 g/mol. The third-order valence-corrected chi connectivity index (χ3v) is 5.00. The highest BCUT2D eigenvalue weighted by atomic mass is 79.9. The van der Waals surface area contributed by atoms with Crippen molar-refractivity contribution in [3.05, 3.63) is 63.7 Å². The lowest BCUT2D eigenvalue weighted by Gasteiger charge is -2.07. The average Bonchev–Trinajstić information content (AvgIpc) is 3.10. The Morgan fingerprint density at radius 3 is 2.67 bits per heavy atom. The summed E-state index contributed by atoms with van der Waals surface area (Å²) < 4.78 is 19.6. The number of ether oxygens (including phenoxy) is 1. The summed E-state index contributed by atoms with van der Waals surface area (Å²) in [6, 6.07) is 11.5. The van der Waals surface area contributed by atoms with Crippen LogP contribution >= 0.6 is 39.5 Å². The van der Waals surface area contributed by atoms with E-state index in [9.17, 15) is 9.18 Å². The first-order valence-corrected chi connectivity index (χ1v) is 9.71. The maximum atomic E-state index is 13.8. The largest absolute Gasteiger partial charge is 0.494 e. The zero-order valence-corrected chi connectivity index (χ0v) is 17.2. The molecule has 0 radical (unpaired) electrons. The van der Waals surface area contributed by atoms with Gasteiger partial charge in [-0.2, -0.15) is 0 Å². The minimum Gasteiger partial charge on any atom is -0.494 e. The van der Waals surface area contributed by atoms with Crippen molar-refractivity contribution in [1.82, 2.24) is 10.3 Å². The molecule has 0 aliphatic heterocycles. The zero-order chi connectivity index (χ0) is 19.4. The van der Waals surface area contributed by atoms with Crippen LogP contribution in [0.1, 0.15) is 10.4 Å². The summed E-state index contributed by atoms with van der Waals surface area (Å²) in [4.78, 5) is 16.5. The normalized spacial score (nSPS) is 10.3. The van der Waals surface area contributed by atoms with Crippen molar-refractivity contribution < 1.29 is 13.9 Å². The fraction of sp³-hybridized carbons (Fsp3) is 0.0556. The van der Waals surface area contributed by atoms with E-state index in [2.05, 4.69) is 31.5 Å². The van der Waals surface area contributed by atoms with Gasteiger partial charge in [0.15, 0.2) is 21.8 Å². The molecule has 2 aromatic carbocycles. The molecule has 0 bridgehead atoms. The molecule has 1 amide bonds. The number of anilines is 1. The molecule has 9 heteroatoms. The van der Waals surface area contributed by atoms with E-state index in [4.69, 9.17) is 17.0 Å². The van der Waals surface area contributed by atoms with Crippen LogP contribution in [0.25, 0.3) is 11.3 Å². The Morgan fingerprint density at radius 2 is 2.00 bits per heavy atom. The van der Waals surface area contributed by atoms with E-state index < -0.39 is 5.82 Å². The number of thiazole rings is 1. The predicted octanol–water partition coefficient (Wildman–Crippen LogP) is 4.85. The van der Waals surface area contributed by atoms with Gasteiger partial charge in [0, 0.05) is 21.0 Å². The first-order valence-electron chi connectivity index (χ1n) is 7.63. The lowest BCUT2D eigenvalue weighted by molar-refractivity contribution is 0.0977. The number of hydrogen-bond donors (Lipinski definition) is 2. The third kappa shape index (κ3) is 4.88. The second-order valence-corrected chi connectivity index (χ2v) is 7.48. The van der Waals surface area contributed by atoms with Crippen molar-refractivity contribution in [2.24, 2.45) is 0 Å². The van der Waals surface area contributed by atoms with E-state index in [0.29, 0.717) is 22.0 Å². The van der Waals surface area contributed by atoms with E-state index in [0.717, 1.165) is 4.47 Å². The van der Waals surface area contributed by atoms with Gasteiger partial charge >= 0.3 is 0 Å². The summed E-state index contributed by atoms with van der Waals surface area (Å²) >= 11 is 9.76. The summed E-state index contributed by atoms with van der Waals surface area (Å²) in [5, 5.41) is 7.84. The molecule has 1 heterocycles. The SMILES string of the molecule is COc1ccc(-c2csc(NC(=S)NC(=O)c3ccc(Br)cc3)n2)cc1F. The second kappa shape index (κ2) is 8.55. The van der Waals surface area contributed by atoms with Gasteiger partial charge in [0.1, 0.15) is 0 Å². The maximum Gasteiger partial charge on any atom is 0.257 e. The van der Waals surface area contributed by atoms with Crippen LogP contribution in [0.2, 0.25) is 0 Å². The molecule has 3 rings (SSSR count). The van der Waals surface area contributed by atoms with Crippen LogP contribution < -0.4 is 15.4 Å². The van der Waals surface area contributed by atoms with Crippen molar-refractivity contribution in [2.45, 2.75) is 0 Å². The molecule has 27 heavy (non-hydrogen) atoms. The number of carbonyl (C=O) groups excluding carboxylic acids is 1. The van der Waals surface area contributed by atoms with Crippen molar-refractivity contribution in [2.75, 3.05) is 12.4 Å². The van der Waals surface area contributed by atoms with Crippen molar-refractivity contribution >= 4 is 55.6 Å². The molecule has 0 unspecified atom stereocenters. The van der Waals surface area contributed by atoms with Gasteiger partial charge in [-0.3, -0.25) is 10.1 Å². The molecule has 0 atom stereocenters. The molecule has 0 aliphatic carbocycles. The summed E-state index contributed by atoms with van der Waals surface area (Å²) in [7, 11) is 1.41. The van der Waals surface area contributed by atoms with Crippen molar-refractivity contribution in [1.29, 1.82) is 0 Å². The van der Waals surface area contributed by atoms with Gasteiger partial charge in [-0.05, 0) is 54.7 Å². The number of nitrogens with zero attached hydrogens (tertiary/aromatic N) is 1. The molecule has 0 aliphatic rings. The molecule has 1 aromatic heterocycles. The predicted molar refractivity (Wildman–Crippen MR) is 112 cm³/mol. The number of rotatable bonds is 4. The van der Waals surface area contributed by atoms with E-state index in [1.807, 2.05) is 0 Å². The fourth-order valence-corrected chi connectivity index (χ4v) is 3.44. The Labute approximate surface area is 172 Å². The number of halogens is 2. The number of carbonyl (C=O) groups is 1. The molecule has 5 nitrogen and oxygen atoms in total. The van der Waals surface area contributed by atoms with Crippen LogP contribution in [0.4, 0.5) is 9.52 Å². The fourth-order valence-electron chi connectivity index (χ4n) is 2.19. The summed E-state index contributed by atoms with van der Waals surface area (Å²) in [6.07, 6.45) is 0. The standard InChI is InChI=1S/C18H13BrFN3O2S2/c1-25-15-7-4-11(8-13(15)20)14-9-27-18(21-14)23-17(26)22-16(24)10-2-5-12(19)6-3-10/h2-9H,1H3,(H2,21,22,23,24,26). The summed E-state index contributed by atoms with van der Waals surface area (Å²) in [5.74, 6) is -0.618. The topological polar surface area (TPSA) is 63.2 Å². The zero-order valence-electron chi connectivity index (χ0n) is 14.0. The molecule has 3 aromatic rings. The molecule has 0 saturated heterocycles. The number of thiocarbonyl (C=S) groups is 1. The maximum absolute atomic E-state index is 13.8. The summed E-state index contributed by atoms with van der Waals surface area (Å²) in [5.41, 5.74) is 1.68. The minimum atomic E-state index is -0.463. The van der Waals surface area contributed by atoms with Gasteiger partial charge in [0.05, 0.1) is 12.8 Å². The van der Waals surface area contributed by atoms with E-state index in [1.165, 1.54) is 24.5 Å². The van der Waals surface area contributed by atoms with Gasteiger partial charge < -0.3 is 10.1 Å². The van der Waals surface area contributed by atoms with Crippen LogP contribution in [-0.2, 0) is 0 Å². The highest BCUT2D eigenvalue weighted by Gasteiger charge is 2.11. The van der Waals surface area contributed by atoms with Crippen LogP contribution in [0.5, 0.6) is 5.75 Å². The van der Waals surface area contributed by atoms with Gasteiger partial charge in [0.25, 0.3) is 5.91 Å². The Kier molecular flexibility index (Phi) is 6.15. The number of hydrogen-bond acceptors (Lipinski definition) is 5. The number of methoxy groups -OCH3 is 1. The first kappa shape index (κ1) is 19.4. The molecule has 2 N–H and O–H groups in total. The second-order valence-electron chi connectivity index (χ2n) is 5.30. The summed E-state index contributed by atoms with van der Waals surface area (Å²) in [6.45, 7) is 0. The molecule has 0 fully saturated rings. The number of benzene rings is 2. The Hall–Kier alpha value is -2.36. The Bertz CT molecular complexity index is 993. The molecule has 138 valence electrons. The number of amides is 1. The van der Waals surface area contributed by atoms with E-state index >= 15 is 0 Å². The molecular formula is C18H13BrFN3O2S2. The number of nitrogens with one attached hydrogen (secondary N) is 2. The van der Waals surface area contributed by atoms with Crippen molar-refractivity contribution in [3.63, 3.8) is 0 Å². The molecular weight excluding hydrogens is 453 g/mol. The number of aromatic nitrogens is 1. The van der Waals surface area contributed by atoms with Gasteiger partial charge in [-0.25, -0.2) is 9.37 Å². The van der Waals surface area contributed by atoms with E-state index in [-0.39, 0.29) is 16.8 Å². The highest BCUT2D eigenvalue weighted by Crippen LogP contribution is 2.28. The quantitative estimate of drug-likeness (QED) is 0.539. The van der Waals surface area contributed by atoms with Crippen molar-refractivity contribution in [3.8, 4) is 17.0 Å². The van der Waals surface area contributed by atoms with Crippen LogP contribution in [0, 0.1) is 5.82 Å². The lowest BCUT2D eigenvalue weighted by atomic mass is 10.1. The van der Waals surface area contributed by atoms with Gasteiger partial charge in [-0.1, -0.05) is 15.9 Å². The third-order valence-electron chi connectivity index (χ3n) is 3.51. The van der Waals surface area contributed by atoms with Crippen LogP contribution in [0.3, 0.4) is 0 Å². The average molecular weight is 466 g/mol. The Morgan fingerprint density at radius 1 is 1.26 bits per heavy atom. The lowest BCUT2D eigenvalue weighted by Crippen LogP contribution is -2.34. The van der Waals surface area contributed by atoms with Crippen LogP contribution in [-0.4, -0.2) is 23.1 Å². The van der Waals surface area contributed by atoms with Gasteiger partial charge in [-0.15, -0.1) is 11.3 Å². The van der Waals surface area contributed by atoms with Crippen LogP contribution in [0.15, 0.2) is 52.3 Å². The molecule has 0 saturated carbocycles. The Balaban J connectivity index is 1.65. The highest BCUT2D eigenvalue weighted by molar-refractivity contribution is 9.10. The first-order chi connectivity index (χ1) is 13.0. The molecule has 0 spiro atoms. The van der Waals surface area contributed by atoms with E-state index in [1.54, 1.807) is 41.8 Å². The smallest absolute Gasteiger partial charge is 0.257 e. The van der Waals surface area contributed by atoms with Gasteiger partial charge in [0.2, 0.25) is 0 Å².